The van der Waals surface area contributed by atoms with Gasteiger partial charge in [0.15, 0.2) is 0 Å². The molecule has 0 heterocycles. The number of ether oxygens (including phenoxy) is 1. The van der Waals surface area contributed by atoms with Gasteiger partial charge in [0.05, 0.1) is 0 Å². The van der Waals surface area contributed by atoms with Gasteiger partial charge in [-0.15, -0.1) is 0 Å². The maximum absolute atomic E-state index is 11.4. The van der Waals surface area contributed by atoms with E-state index in [1.54, 1.807) is 0 Å². The second-order valence-electron chi connectivity index (χ2n) is 1.56. The molecule has 13 heavy (non-hydrogen) atoms. The van der Waals surface area contributed by atoms with Crippen LogP contribution in [0.15, 0.2) is 0 Å². The first-order chi connectivity index (χ1) is 5.57. The van der Waals surface area contributed by atoms with E-state index in [1.807, 2.05) is 0 Å². The molecule has 0 atom stereocenters. The summed E-state index contributed by atoms with van der Waals surface area (Å²) in [7, 11) is -2.38. The van der Waals surface area contributed by atoms with Crippen LogP contribution in [0.4, 0.5) is 4.39 Å². The first-order valence-electron chi connectivity index (χ1n) is 2.87. The van der Waals surface area contributed by atoms with Gasteiger partial charge in [0.1, 0.15) is 13.3 Å². The van der Waals surface area contributed by atoms with Gasteiger partial charge in [0.25, 0.3) is 0 Å². The van der Waals surface area contributed by atoms with Crippen LogP contribution in [0.1, 0.15) is 0 Å². The molecule has 70 valence electrons. The SMILES string of the molecule is O=C(OCCF)C(=O)OB(O)O.[LiH]. The molecule has 0 aromatic carbocycles. The molecule has 6 nitrogen and oxygen atoms in total. The van der Waals surface area contributed by atoms with E-state index >= 15 is 0 Å². The average molecular weight is 188 g/mol. The van der Waals surface area contributed by atoms with Gasteiger partial charge in [-0.05, 0) is 0 Å². The molecule has 0 spiro atoms. The van der Waals surface area contributed by atoms with Gasteiger partial charge in [-0.2, -0.15) is 0 Å². The molecule has 0 fully saturated rings. The van der Waals surface area contributed by atoms with E-state index in [-0.39, 0.29) is 18.9 Å². The molecule has 0 amide bonds. The van der Waals surface area contributed by atoms with Crippen molar-refractivity contribution in [2.24, 2.45) is 0 Å². The van der Waals surface area contributed by atoms with Crippen molar-refractivity contribution in [2.45, 2.75) is 0 Å². The minimum atomic E-state index is -2.38. The number of esters is 1. The fraction of sp³-hybridized carbons (Fsp3) is 0.500. The average Bonchev–Trinajstić information content (AvgIpc) is 1.98. The molecule has 0 saturated heterocycles. The number of carbonyl (C=O) groups is 2. The van der Waals surface area contributed by atoms with Crippen molar-refractivity contribution < 1.29 is 33.4 Å². The summed E-state index contributed by atoms with van der Waals surface area (Å²) in [4.78, 5) is 20.7. The van der Waals surface area contributed by atoms with Crippen molar-refractivity contribution in [3.05, 3.63) is 0 Å². The third-order valence-corrected chi connectivity index (χ3v) is 0.689. The van der Waals surface area contributed by atoms with Gasteiger partial charge in [0, 0.05) is 0 Å². The predicted octanol–water partition coefficient (Wildman–Crippen LogP) is -2.64. The van der Waals surface area contributed by atoms with Crippen LogP contribution in [0.2, 0.25) is 0 Å². The van der Waals surface area contributed by atoms with Gasteiger partial charge >= 0.3 is 38.1 Å². The molecular weight excluding hydrogens is 181 g/mol. The van der Waals surface area contributed by atoms with Crippen LogP contribution in [0.5, 0.6) is 0 Å². The molecule has 0 aliphatic carbocycles. The molecular formula is C4H7BFLiO6. The van der Waals surface area contributed by atoms with E-state index in [0.29, 0.717) is 0 Å². The van der Waals surface area contributed by atoms with Crippen LogP contribution in [-0.2, 0) is 19.0 Å². The van der Waals surface area contributed by atoms with Crippen LogP contribution in [0, 0.1) is 0 Å². The van der Waals surface area contributed by atoms with Crippen molar-refractivity contribution in [1.29, 1.82) is 0 Å². The summed E-state index contributed by atoms with van der Waals surface area (Å²) in [6.45, 7) is -1.50. The standard InChI is InChI=1S/C4H6BFO6.Li.H/c6-1-2-11-3(7)4(8)12-5(9)10;;/h9-10H,1-2H2;;. The molecule has 9 heteroatoms. The van der Waals surface area contributed by atoms with Crippen molar-refractivity contribution in [2.75, 3.05) is 13.3 Å². The first-order valence-corrected chi connectivity index (χ1v) is 2.87. The Labute approximate surface area is 85.4 Å². The van der Waals surface area contributed by atoms with Crippen molar-refractivity contribution in [1.82, 2.24) is 0 Å². The van der Waals surface area contributed by atoms with E-state index in [0.717, 1.165) is 0 Å². The zero-order chi connectivity index (χ0) is 9.56. The molecule has 0 aromatic rings. The summed E-state index contributed by atoms with van der Waals surface area (Å²) in [5.41, 5.74) is 0. The Morgan fingerprint density at radius 2 is 1.85 bits per heavy atom. The van der Waals surface area contributed by atoms with Crippen LogP contribution in [0.3, 0.4) is 0 Å². The monoisotopic (exact) mass is 188 g/mol. The second kappa shape index (κ2) is 8.07. The number of halogens is 1. The third kappa shape index (κ3) is 7.80. The molecule has 0 aromatic heterocycles. The van der Waals surface area contributed by atoms with Crippen LogP contribution in [0.25, 0.3) is 0 Å². The molecule has 0 aliphatic heterocycles. The molecule has 0 aliphatic rings. The number of rotatable bonds is 3. The fourth-order valence-corrected chi connectivity index (χ4v) is 0.334. The van der Waals surface area contributed by atoms with Crippen LogP contribution in [-0.4, -0.2) is 61.4 Å². The quantitative estimate of drug-likeness (QED) is 0.285. The number of hydrogen-bond acceptors (Lipinski definition) is 6. The summed E-state index contributed by atoms with van der Waals surface area (Å²) >= 11 is 0. The van der Waals surface area contributed by atoms with Crippen molar-refractivity contribution in [3.63, 3.8) is 0 Å². The Morgan fingerprint density at radius 3 is 2.23 bits per heavy atom. The number of alkyl halides is 1. The zero-order valence-corrected chi connectivity index (χ0v) is 5.90. The molecule has 0 bridgehead atoms. The second-order valence-corrected chi connectivity index (χ2v) is 1.56. The Morgan fingerprint density at radius 1 is 1.31 bits per heavy atom. The Kier molecular flexibility index (Phi) is 9.28. The topological polar surface area (TPSA) is 93.1 Å². The number of carbonyl (C=O) groups excluding carboxylic acids is 2. The molecule has 0 unspecified atom stereocenters. The van der Waals surface area contributed by atoms with Gasteiger partial charge in [0.2, 0.25) is 0 Å². The van der Waals surface area contributed by atoms with Gasteiger partial charge < -0.3 is 19.4 Å². The normalized spacial score (nSPS) is 8.23. The van der Waals surface area contributed by atoms with Crippen molar-refractivity contribution in [3.8, 4) is 0 Å². The summed E-state index contributed by atoms with van der Waals surface area (Å²) in [6, 6.07) is 0. The third-order valence-electron chi connectivity index (χ3n) is 0.689. The Hall–Kier alpha value is -0.548. The maximum atomic E-state index is 11.4. The molecule has 2 N–H and O–H groups in total. The van der Waals surface area contributed by atoms with Gasteiger partial charge in [-0.25, -0.2) is 14.0 Å². The molecule has 0 rings (SSSR count). The molecule has 0 saturated carbocycles. The van der Waals surface area contributed by atoms with Gasteiger partial charge in [-0.1, -0.05) is 0 Å². The van der Waals surface area contributed by atoms with Crippen LogP contribution < -0.4 is 0 Å². The van der Waals surface area contributed by atoms with E-state index in [9.17, 15) is 14.0 Å². The summed E-state index contributed by atoms with van der Waals surface area (Å²) < 4.78 is 18.9. The summed E-state index contributed by atoms with van der Waals surface area (Å²) in [6.07, 6.45) is 0. The van der Waals surface area contributed by atoms with E-state index < -0.39 is 32.5 Å². The van der Waals surface area contributed by atoms with Crippen LogP contribution >= 0.6 is 0 Å². The van der Waals surface area contributed by atoms with E-state index in [1.165, 1.54) is 0 Å². The number of hydrogen-bond donors (Lipinski definition) is 2. The molecule has 0 radical (unpaired) electrons. The predicted molar refractivity (Wildman–Crippen MR) is 40.4 cm³/mol. The minimum absolute atomic E-state index is 0. The summed E-state index contributed by atoms with van der Waals surface area (Å²) in [5.74, 6) is -3.06. The van der Waals surface area contributed by atoms with Crippen molar-refractivity contribution >= 4 is 38.1 Å². The Balaban J connectivity index is 0. The fourth-order valence-electron chi connectivity index (χ4n) is 0.334. The van der Waals surface area contributed by atoms with E-state index in [2.05, 4.69) is 9.39 Å². The Bertz CT molecular complexity index is 176. The summed E-state index contributed by atoms with van der Waals surface area (Å²) in [5, 5.41) is 16.1. The first kappa shape index (κ1) is 14.9. The zero-order valence-electron chi connectivity index (χ0n) is 5.90. The van der Waals surface area contributed by atoms with E-state index in [4.69, 9.17) is 10.0 Å². The van der Waals surface area contributed by atoms with Gasteiger partial charge in [-0.3, -0.25) is 0 Å².